The number of ether oxygens (including phenoxy) is 8. The summed E-state index contributed by atoms with van der Waals surface area (Å²) < 4.78 is 97.5. The average Bonchev–Trinajstić information content (AvgIpc) is 2.24. The number of nitrogens with one attached hydrogen (secondary N) is 2. The molecule has 5 aromatic rings. The fraction of sp³-hybridized carbons (Fsp3) is 0.481. The van der Waals surface area contributed by atoms with Crippen LogP contribution in [0.25, 0.3) is 0 Å². The molecule has 0 radical (unpaired) electrons. The van der Waals surface area contributed by atoms with Crippen molar-refractivity contribution in [1.82, 2.24) is 29.3 Å². The number of anilines is 2. The van der Waals surface area contributed by atoms with Gasteiger partial charge in [-0.1, -0.05) is 64.1 Å². The van der Waals surface area contributed by atoms with E-state index in [2.05, 4.69) is 20.1 Å². The van der Waals surface area contributed by atoms with E-state index in [1.807, 2.05) is 0 Å². The normalized spacial score (nSPS) is 24.4. The molecule has 4 aliphatic heterocycles. The predicted molar refractivity (Wildman–Crippen MR) is 305 cm³/mol. The van der Waals surface area contributed by atoms with Gasteiger partial charge in [0.25, 0.3) is 5.69 Å². The lowest BCUT2D eigenvalue weighted by Crippen LogP contribution is -2.42. The van der Waals surface area contributed by atoms with Gasteiger partial charge in [-0.25, -0.2) is 18.7 Å². The van der Waals surface area contributed by atoms with Gasteiger partial charge >= 0.3 is 38.8 Å². The number of rotatable bonds is 21. The minimum atomic E-state index is -4.17. The van der Waals surface area contributed by atoms with Gasteiger partial charge in [0, 0.05) is 24.5 Å². The summed E-state index contributed by atoms with van der Waals surface area (Å²) in [5, 5.41) is 25.5. The van der Waals surface area contributed by atoms with Crippen LogP contribution in [0.4, 0.5) is 17.3 Å². The molecule has 2 unspecified atom stereocenters. The number of esters is 2. The number of carbonyl (C=O) groups is 2. The zero-order valence-corrected chi connectivity index (χ0v) is 50.4. The third-order valence-corrected chi connectivity index (χ3v) is 16.2. The van der Waals surface area contributed by atoms with Crippen LogP contribution in [-0.2, 0) is 61.1 Å². The fourth-order valence-corrected chi connectivity index (χ4v) is 12.5. The molecule has 3 aromatic carbocycles. The quantitative estimate of drug-likeness (QED) is 0.0265. The van der Waals surface area contributed by atoms with Crippen LogP contribution in [0.15, 0.2) is 119 Å². The molecule has 4 saturated heterocycles. The van der Waals surface area contributed by atoms with Crippen molar-refractivity contribution in [3.8, 4) is 17.2 Å². The number of nitrogen functional groups attached to an aromatic ring is 2. The Morgan fingerprint density at radius 1 is 0.640 bits per heavy atom. The average molecular weight is 1240 g/mol. The van der Waals surface area contributed by atoms with Crippen molar-refractivity contribution in [1.29, 1.82) is 0 Å². The SMILES string of the molecule is CC1(C)O[C@@H]2[C@H](O1)[C@@H](CO)O[C@H]2n1ccc(N)nc1=O.COC(=O)[C@@H](NP(=O)(OC[C@H]1O[C@@H](n2ccc(N)nc2=O)[C@@H]2OC(C)(C)O[C@@H]21)Oc1ccccc1)C(C)C.COC(=O)[C@@H](NP(=O)(Oc1ccccc1)Oc1ccc([N+](=O)[O-])cc1)C(C)C. The van der Waals surface area contributed by atoms with Gasteiger partial charge < -0.3 is 68.0 Å². The Kier molecular flexibility index (Phi) is 21.7. The van der Waals surface area contributed by atoms with E-state index in [4.69, 9.17) is 67.5 Å². The van der Waals surface area contributed by atoms with Crippen LogP contribution in [0.5, 0.6) is 17.2 Å². The maximum Gasteiger partial charge on any atom is 0.513 e. The molecule has 7 N–H and O–H groups in total. The minimum Gasteiger partial charge on any atom is -0.468 e. The summed E-state index contributed by atoms with van der Waals surface area (Å²) in [6.45, 7) is 13.5. The summed E-state index contributed by atoms with van der Waals surface area (Å²) in [5.74, 6) is -2.78. The van der Waals surface area contributed by atoms with E-state index in [1.54, 1.807) is 116 Å². The molecule has 2 aromatic heterocycles. The van der Waals surface area contributed by atoms with Crippen molar-refractivity contribution >= 4 is 44.8 Å². The molecule has 0 amide bonds. The molecule has 0 bridgehead atoms. The number of aliphatic hydroxyl groups is 1. The summed E-state index contributed by atoms with van der Waals surface area (Å²) in [6.07, 6.45) is -2.28. The van der Waals surface area contributed by atoms with E-state index in [1.165, 1.54) is 72.1 Å². The third-order valence-electron chi connectivity index (χ3n) is 13.1. The van der Waals surface area contributed by atoms with Crippen molar-refractivity contribution < 1.29 is 84.7 Å². The lowest BCUT2D eigenvalue weighted by molar-refractivity contribution is -0.384. The van der Waals surface area contributed by atoms with Gasteiger partial charge in [-0.3, -0.25) is 33.4 Å². The Morgan fingerprint density at radius 3 is 1.42 bits per heavy atom. The maximum absolute atomic E-state index is 14.0. The molecule has 0 saturated carbocycles. The number of nitrogens with zero attached hydrogens (tertiary/aromatic N) is 5. The molecule has 0 aliphatic carbocycles. The van der Waals surface area contributed by atoms with Crippen LogP contribution >= 0.6 is 15.5 Å². The highest BCUT2D eigenvalue weighted by atomic mass is 31.2. The number of nitro groups is 1. The number of carbonyl (C=O) groups excluding carboxylic acids is 2. The number of aromatic nitrogens is 4. The highest BCUT2D eigenvalue weighted by Crippen LogP contribution is 2.50. The first kappa shape index (κ1) is 66.3. The molecule has 32 heteroatoms. The van der Waals surface area contributed by atoms with E-state index in [-0.39, 0.29) is 59.6 Å². The molecule has 30 nitrogen and oxygen atoms in total. The first-order valence-corrected chi connectivity index (χ1v) is 30.0. The van der Waals surface area contributed by atoms with Crippen molar-refractivity contribution in [2.45, 2.75) is 128 Å². The van der Waals surface area contributed by atoms with Crippen LogP contribution in [0.3, 0.4) is 0 Å². The molecule has 9 rings (SSSR count). The molecule has 6 heterocycles. The third kappa shape index (κ3) is 16.9. The summed E-state index contributed by atoms with van der Waals surface area (Å²) in [7, 11) is -5.81. The van der Waals surface area contributed by atoms with Gasteiger partial charge in [0.05, 0.1) is 32.4 Å². The highest BCUT2D eigenvalue weighted by molar-refractivity contribution is 7.52. The van der Waals surface area contributed by atoms with Crippen molar-refractivity contribution in [3.63, 3.8) is 0 Å². The van der Waals surface area contributed by atoms with Gasteiger partial charge in [-0.2, -0.15) is 20.1 Å². The first-order valence-electron chi connectivity index (χ1n) is 26.9. The van der Waals surface area contributed by atoms with Gasteiger partial charge in [0.15, 0.2) is 24.0 Å². The number of benzene rings is 3. The number of methoxy groups -OCH3 is 2. The van der Waals surface area contributed by atoms with Crippen LogP contribution < -0.4 is 46.6 Å². The number of fused-ring (bicyclic) bond motifs is 2. The zero-order chi connectivity index (χ0) is 62.9. The van der Waals surface area contributed by atoms with E-state index in [0.717, 1.165) is 0 Å². The van der Waals surface area contributed by atoms with Crippen molar-refractivity contribution in [2.75, 3.05) is 38.9 Å². The topological polar surface area (TPSA) is 388 Å². The number of hydrogen-bond donors (Lipinski definition) is 5. The smallest absolute Gasteiger partial charge is 0.468 e. The molecule has 4 aliphatic rings. The van der Waals surface area contributed by atoms with E-state index < -0.39 is 116 Å². The van der Waals surface area contributed by atoms with Gasteiger partial charge in [-0.15, -0.1) is 0 Å². The Labute approximate surface area is 493 Å². The van der Waals surface area contributed by atoms with Gasteiger partial charge in [0.1, 0.15) is 77.6 Å². The predicted octanol–water partition coefficient (Wildman–Crippen LogP) is 5.42. The second kappa shape index (κ2) is 28.1. The van der Waals surface area contributed by atoms with Crippen molar-refractivity contribution in [3.05, 3.63) is 141 Å². The van der Waals surface area contributed by atoms with Crippen LogP contribution in [-0.4, -0.2) is 129 Å². The number of non-ortho nitro benzene ring substituents is 1. The Hall–Kier alpha value is -7.18. The van der Waals surface area contributed by atoms with Crippen molar-refractivity contribution in [2.24, 2.45) is 11.8 Å². The van der Waals surface area contributed by atoms with Crippen LogP contribution in [0, 0.1) is 22.0 Å². The lowest BCUT2D eigenvalue weighted by atomic mass is 10.1. The highest BCUT2D eigenvalue weighted by Gasteiger charge is 2.58. The summed E-state index contributed by atoms with van der Waals surface area (Å²) >= 11 is 0. The van der Waals surface area contributed by atoms with Gasteiger partial charge in [-0.05, 0) is 88.1 Å². The molecule has 468 valence electrons. The number of hydrogen-bond acceptors (Lipinski definition) is 25. The maximum atomic E-state index is 14.0. The zero-order valence-electron chi connectivity index (χ0n) is 48.6. The number of para-hydroxylation sites is 2. The molecular formula is C54H71N9O21P2. The lowest BCUT2D eigenvalue weighted by Gasteiger charge is -2.28. The standard InChI is InChI=1S/C24H33N4O9P.C18H21N2O7P.C12H17N3O5/c1-14(2)18(22(29)32-5)27-38(31,37-15-9-7-6-8-10-15)33-13-16-19-20(36-24(3,4)35-19)21(34-16)28-12-11-17(25)26-23(28)30;1-13(2)17(18(21)25-3)19-28(24,26-15-7-5-4-6-8-15)27-16-11-9-14(10-12-16)20(22)23;1-12(2)19-8-6(5-16)18-10(9(8)20-12)15-4-3-7(13)14-11(15)17/h6-12,14,16,18-21H,13H2,1-5H3,(H,27,31)(H2,25,26,30);4-13,17H,1-3H3,(H,19,24);3-4,6,8-10,16H,5H2,1-2H3,(H2,13,14,17)/t16-,18+,19-,20-,21-,38?;17-,28?;6-,8-,9-,10-/m101/s1. The Morgan fingerprint density at radius 2 is 1.02 bits per heavy atom. The number of aliphatic hydroxyl groups excluding tert-OH is 1. The first-order chi connectivity index (χ1) is 40.6. The number of nitrogens with two attached hydrogens (primary N) is 2. The summed E-state index contributed by atoms with van der Waals surface area (Å²) in [6, 6.07) is 22.7. The summed E-state index contributed by atoms with van der Waals surface area (Å²) in [5.41, 5.74) is 9.80. The van der Waals surface area contributed by atoms with E-state index >= 15 is 0 Å². The second-order valence-corrected chi connectivity index (χ2v) is 24.5. The number of nitro benzene ring substituents is 1. The van der Waals surface area contributed by atoms with Crippen LogP contribution in [0.2, 0.25) is 0 Å². The van der Waals surface area contributed by atoms with Crippen LogP contribution in [0.1, 0.15) is 67.8 Å². The fourth-order valence-electron chi connectivity index (χ4n) is 9.17. The molecule has 0 spiro atoms. The molecule has 4 fully saturated rings. The monoisotopic (exact) mass is 1240 g/mol. The minimum absolute atomic E-state index is 0.0694. The second-order valence-electron chi connectivity index (χ2n) is 21.2. The molecule has 86 heavy (non-hydrogen) atoms. The molecule has 12 atom stereocenters. The van der Waals surface area contributed by atoms with Gasteiger partial charge in [0.2, 0.25) is 0 Å². The largest absolute Gasteiger partial charge is 0.513 e. The molecular weight excluding hydrogens is 1170 g/mol. The Bertz CT molecular complexity index is 3340. The van der Waals surface area contributed by atoms with E-state index in [9.17, 15) is 43.5 Å². The summed E-state index contributed by atoms with van der Waals surface area (Å²) in [4.78, 5) is 66.5. The Balaban J connectivity index is 0.000000194. The van der Waals surface area contributed by atoms with E-state index in [0.29, 0.717) is 0 Å².